The van der Waals surface area contributed by atoms with Crippen LogP contribution < -0.4 is 0 Å². The lowest BCUT2D eigenvalue weighted by molar-refractivity contribution is -0.143. The van der Waals surface area contributed by atoms with Crippen molar-refractivity contribution in [3.8, 4) is 0 Å². The average molecular weight is 322 g/mol. The van der Waals surface area contributed by atoms with Crippen LogP contribution in [0.5, 0.6) is 0 Å². The zero-order chi connectivity index (χ0) is 17.0. The molecule has 0 spiro atoms. The highest BCUT2D eigenvalue weighted by molar-refractivity contribution is 5.37. The number of allylic oxidation sites excluding steroid dienone is 1. The highest BCUT2D eigenvalue weighted by atomic mass is 19.4. The smallest absolute Gasteiger partial charge is 0.166 e. The van der Waals surface area contributed by atoms with E-state index in [-0.39, 0.29) is 11.6 Å². The van der Waals surface area contributed by atoms with E-state index in [1.807, 2.05) is 6.92 Å². The minimum Gasteiger partial charge on any atom is -0.166 e. The molecule has 0 heterocycles. The summed E-state index contributed by atoms with van der Waals surface area (Å²) in [5.41, 5.74) is -0.158. The van der Waals surface area contributed by atoms with Crippen LogP contribution in [-0.4, -0.2) is 0 Å². The molecule has 6 heteroatoms. The molecule has 0 aliphatic rings. The molecule has 1 aromatic rings. The van der Waals surface area contributed by atoms with Crippen LogP contribution in [0, 0.1) is 0 Å². The SMILES string of the molecule is C=C=CC(CCCC)c1cc(C(F)(F)F)cc(C(F)(F)F)c1. The third-order valence-electron chi connectivity index (χ3n) is 3.23. The van der Waals surface area contributed by atoms with E-state index < -0.39 is 29.4 Å². The van der Waals surface area contributed by atoms with E-state index in [0.717, 1.165) is 18.6 Å². The van der Waals surface area contributed by atoms with Crippen LogP contribution in [0.3, 0.4) is 0 Å². The van der Waals surface area contributed by atoms with Gasteiger partial charge in [0.05, 0.1) is 11.1 Å². The van der Waals surface area contributed by atoms with Crippen LogP contribution >= 0.6 is 0 Å². The number of unbranched alkanes of at least 4 members (excludes halogenated alkanes) is 1. The summed E-state index contributed by atoms with van der Waals surface area (Å²) in [7, 11) is 0. The van der Waals surface area contributed by atoms with Gasteiger partial charge in [0.2, 0.25) is 0 Å². The maximum Gasteiger partial charge on any atom is 0.416 e. The van der Waals surface area contributed by atoms with E-state index in [1.165, 1.54) is 6.08 Å². The fourth-order valence-electron chi connectivity index (χ4n) is 2.11. The lowest BCUT2D eigenvalue weighted by Crippen LogP contribution is -2.12. The van der Waals surface area contributed by atoms with Crippen molar-refractivity contribution >= 4 is 0 Å². The standard InChI is InChI=1S/C16H16F6/c1-3-5-7-11(6-4-2)12-8-13(15(17,18)19)10-14(9-12)16(20,21)22/h6,8-11H,2-3,5,7H2,1H3. The van der Waals surface area contributed by atoms with Gasteiger partial charge in [-0.05, 0) is 36.3 Å². The fraction of sp³-hybridized carbons (Fsp3) is 0.438. The molecule has 122 valence electrons. The highest BCUT2D eigenvalue weighted by Gasteiger charge is 2.37. The van der Waals surface area contributed by atoms with Crippen LogP contribution in [0.2, 0.25) is 0 Å². The Bertz CT molecular complexity index is 514. The van der Waals surface area contributed by atoms with Gasteiger partial charge in [0.1, 0.15) is 0 Å². The van der Waals surface area contributed by atoms with Gasteiger partial charge >= 0.3 is 12.4 Å². The first-order chi connectivity index (χ1) is 10.1. The third kappa shape index (κ3) is 4.95. The third-order valence-corrected chi connectivity index (χ3v) is 3.23. The van der Waals surface area contributed by atoms with Crippen molar-refractivity contribution in [2.45, 2.75) is 44.5 Å². The molecular weight excluding hydrogens is 306 g/mol. The Morgan fingerprint density at radius 2 is 1.55 bits per heavy atom. The van der Waals surface area contributed by atoms with E-state index in [2.05, 4.69) is 12.3 Å². The summed E-state index contributed by atoms with van der Waals surface area (Å²) in [4.78, 5) is 0. The number of rotatable bonds is 5. The molecule has 0 aliphatic heterocycles. The molecular formula is C16H16F6. The van der Waals surface area contributed by atoms with E-state index in [9.17, 15) is 26.3 Å². The Morgan fingerprint density at radius 1 is 1.05 bits per heavy atom. The second-order valence-electron chi connectivity index (χ2n) is 4.96. The summed E-state index contributed by atoms with van der Waals surface area (Å²) in [6.07, 6.45) is -6.34. The predicted octanol–water partition coefficient (Wildman–Crippen LogP) is 6.34. The molecule has 0 bridgehead atoms. The summed E-state index contributed by atoms with van der Waals surface area (Å²) in [6, 6.07) is 1.67. The first kappa shape index (κ1) is 18.4. The molecule has 0 aliphatic carbocycles. The first-order valence-corrected chi connectivity index (χ1v) is 6.75. The molecule has 0 fully saturated rings. The van der Waals surface area contributed by atoms with Gasteiger partial charge in [0, 0.05) is 5.92 Å². The van der Waals surface area contributed by atoms with Gasteiger partial charge in [-0.3, -0.25) is 0 Å². The number of hydrogen-bond donors (Lipinski definition) is 0. The van der Waals surface area contributed by atoms with Gasteiger partial charge < -0.3 is 0 Å². The van der Waals surface area contributed by atoms with Crippen LogP contribution in [0.15, 0.2) is 36.6 Å². The van der Waals surface area contributed by atoms with Crippen molar-refractivity contribution < 1.29 is 26.3 Å². The molecule has 0 amide bonds. The minimum atomic E-state index is -4.83. The van der Waals surface area contributed by atoms with Crippen molar-refractivity contribution in [1.82, 2.24) is 0 Å². The van der Waals surface area contributed by atoms with Gasteiger partial charge in [-0.25, -0.2) is 0 Å². The number of hydrogen-bond acceptors (Lipinski definition) is 0. The molecule has 22 heavy (non-hydrogen) atoms. The summed E-state index contributed by atoms with van der Waals surface area (Å²) in [5, 5.41) is 0. The lowest BCUT2D eigenvalue weighted by atomic mass is 9.90. The van der Waals surface area contributed by atoms with E-state index in [0.29, 0.717) is 12.8 Å². The second kappa shape index (κ2) is 7.05. The Balaban J connectivity index is 3.41. The van der Waals surface area contributed by atoms with Gasteiger partial charge in [0.25, 0.3) is 0 Å². The molecule has 1 unspecified atom stereocenters. The van der Waals surface area contributed by atoms with Crippen molar-refractivity contribution in [2.24, 2.45) is 0 Å². The highest BCUT2D eigenvalue weighted by Crippen LogP contribution is 2.38. The molecule has 1 rings (SSSR count). The molecule has 0 nitrogen and oxygen atoms in total. The van der Waals surface area contributed by atoms with E-state index in [1.54, 1.807) is 0 Å². The van der Waals surface area contributed by atoms with Crippen LogP contribution in [0.4, 0.5) is 26.3 Å². The number of alkyl halides is 6. The monoisotopic (exact) mass is 322 g/mol. The van der Waals surface area contributed by atoms with Gasteiger partial charge in [-0.15, -0.1) is 5.73 Å². The predicted molar refractivity (Wildman–Crippen MR) is 72.4 cm³/mol. The zero-order valence-corrected chi connectivity index (χ0v) is 12.0. The summed E-state index contributed by atoms with van der Waals surface area (Å²) >= 11 is 0. The summed E-state index contributed by atoms with van der Waals surface area (Å²) < 4.78 is 77.0. The normalized spacial score (nSPS) is 13.6. The van der Waals surface area contributed by atoms with Crippen molar-refractivity contribution in [2.75, 3.05) is 0 Å². The summed E-state index contributed by atoms with van der Waals surface area (Å²) in [6.45, 7) is 5.24. The number of halogens is 6. The maximum absolute atomic E-state index is 12.8. The molecule has 0 N–H and O–H groups in total. The van der Waals surface area contributed by atoms with Crippen molar-refractivity contribution in [3.05, 3.63) is 53.3 Å². The molecule has 0 saturated heterocycles. The largest absolute Gasteiger partial charge is 0.416 e. The maximum atomic E-state index is 12.8. The Hall–Kier alpha value is -1.68. The Kier molecular flexibility index (Phi) is 5.89. The number of benzene rings is 1. The molecule has 1 aromatic carbocycles. The van der Waals surface area contributed by atoms with Gasteiger partial charge in [-0.2, -0.15) is 26.3 Å². The molecule has 0 saturated carbocycles. The Morgan fingerprint density at radius 3 is 1.91 bits per heavy atom. The molecule has 0 aromatic heterocycles. The lowest BCUT2D eigenvalue weighted by Gasteiger charge is -2.18. The van der Waals surface area contributed by atoms with E-state index >= 15 is 0 Å². The minimum absolute atomic E-state index is 0.0215. The fourth-order valence-corrected chi connectivity index (χ4v) is 2.11. The second-order valence-corrected chi connectivity index (χ2v) is 4.96. The van der Waals surface area contributed by atoms with Crippen LogP contribution in [0.1, 0.15) is 48.8 Å². The first-order valence-electron chi connectivity index (χ1n) is 6.75. The van der Waals surface area contributed by atoms with E-state index in [4.69, 9.17) is 0 Å². The van der Waals surface area contributed by atoms with Crippen LogP contribution in [0.25, 0.3) is 0 Å². The summed E-state index contributed by atoms with van der Waals surface area (Å²) in [5.74, 6) is -0.569. The quantitative estimate of drug-likeness (QED) is 0.438. The van der Waals surface area contributed by atoms with Gasteiger partial charge in [-0.1, -0.05) is 26.3 Å². The average Bonchev–Trinajstić information content (AvgIpc) is 2.41. The molecule has 1 atom stereocenters. The van der Waals surface area contributed by atoms with Crippen molar-refractivity contribution in [3.63, 3.8) is 0 Å². The molecule has 0 radical (unpaired) electrons. The zero-order valence-electron chi connectivity index (χ0n) is 12.0. The van der Waals surface area contributed by atoms with Gasteiger partial charge in [0.15, 0.2) is 0 Å². The Labute approximate surface area is 125 Å². The van der Waals surface area contributed by atoms with Crippen LogP contribution in [-0.2, 0) is 12.4 Å². The van der Waals surface area contributed by atoms with Crippen molar-refractivity contribution in [1.29, 1.82) is 0 Å². The topological polar surface area (TPSA) is 0 Å².